The number of hydrogen-bond acceptors (Lipinski definition) is 2. The minimum atomic E-state index is 0.702. The van der Waals surface area contributed by atoms with Gasteiger partial charge in [-0.05, 0) is 25.0 Å². The molecule has 0 aliphatic rings. The number of nitrogens with two attached hydrogens (primary N) is 1. The standard InChI is InChI=1S/C13H22N4/c1-4-5-10-15-13(16-14)17(3)12-9-7-6-8-11(12)2/h6-9H,4-5,10,14H2,1-3H3,(H,15,16). The van der Waals surface area contributed by atoms with Crippen molar-refractivity contribution in [3.63, 3.8) is 0 Å². The topological polar surface area (TPSA) is 53.6 Å². The zero-order valence-electron chi connectivity index (χ0n) is 10.9. The highest BCUT2D eigenvalue weighted by atomic mass is 15.4. The lowest BCUT2D eigenvalue weighted by molar-refractivity contribution is 0.797. The first-order valence-corrected chi connectivity index (χ1v) is 6.01. The molecule has 0 fully saturated rings. The highest BCUT2D eigenvalue weighted by Crippen LogP contribution is 2.17. The molecule has 0 spiro atoms. The van der Waals surface area contributed by atoms with Crippen molar-refractivity contribution in [2.75, 3.05) is 18.5 Å². The summed E-state index contributed by atoms with van der Waals surface area (Å²) >= 11 is 0. The van der Waals surface area contributed by atoms with E-state index in [2.05, 4.69) is 36.4 Å². The summed E-state index contributed by atoms with van der Waals surface area (Å²) in [6.07, 6.45) is 2.21. The van der Waals surface area contributed by atoms with Gasteiger partial charge in [0.25, 0.3) is 0 Å². The maximum atomic E-state index is 5.52. The van der Waals surface area contributed by atoms with E-state index in [0.717, 1.165) is 25.1 Å². The Morgan fingerprint density at radius 1 is 1.41 bits per heavy atom. The quantitative estimate of drug-likeness (QED) is 0.276. The van der Waals surface area contributed by atoms with Crippen LogP contribution in [0.15, 0.2) is 29.3 Å². The van der Waals surface area contributed by atoms with Crippen molar-refractivity contribution < 1.29 is 0 Å². The third-order valence-electron chi connectivity index (χ3n) is 2.70. The van der Waals surface area contributed by atoms with Crippen LogP contribution in [0.1, 0.15) is 25.3 Å². The number of aryl methyl sites for hydroxylation is 1. The van der Waals surface area contributed by atoms with E-state index in [9.17, 15) is 0 Å². The number of nitrogens with zero attached hydrogens (tertiary/aromatic N) is 2. The Bertz CT molecular complexity index is 373. The molecule has 1 rings (SSSR count). The van der Waals surface area contributed by atoms with Crippen LogP contribution in [0, 0.1) is 6.92 Å². The first-order chi connectivity index (χ1) is 8.20. The second-order valence-corrected chi connectivity index (χ2v) is 4.05. The highest BCUT2D eigenvalue weighted by Gasteiger charge is 2.08. The summed E-state index contributed by atoms with van der Waals surface area (Å²) in [4.78, 5) is 6.43. The van der Waals surface area contributed by atoms with Gasteiger partial charge in [0.15, 0.2) is 0 Å². The lowest BCUT2D eigenvalue weighted by Crippen LogP contribution is -2.43. The number of rotatable bonds is 4. The van der Waals surface area contributed by atoms with Gasteiger partial charge in [-0.2, -0.15) is 0 Å². The van der Waals surface area contributed by atoms with Gasteiger partial charge < -0.3 is 4.90 Å². The summed E-state index contributed by atoms with van der Waals surface area (Å²) in [5.74, 6) is 6.22. The van der Waals surface area contributed by atoms with E-state index in [1.165, 1.54) is 5.56 Å². The van der Waals surface area contributed by atoms with Crippen molar-refractivity contribution in [3.8, 4) is 0 Å². The molecule has 0 aliphatic heterocycles. The number of unbranched alkanes of at least 4 members (excludes halogenated alkanes) is 1. The minimum absolute atomic E-state index is 0.702. The van der Waals surface area contributed by atoms with Crippen LogP contribution in [0.5, 0.6) is 0 Å². The van der Waals surface area contributed by atoms with Crippen molar-refractivity contribution in [2.45, 2.75) is 26.7 Å². The van der Waals surface area contributed by atoms with E-state index in [0.29, 0.717) is 5.96 Å². The van der Waals surface area contributed by atoms with Crippen molar-refractivity contribution >= 4 is 11.6 Å². The number of aliphatic imine (C=N–C) groups is 1. The lowest BCUT2D eigenvalue weighted by atomic mass is 10.2. The molecule has 0 bridgehead atoms. The highest BCUT2D eigenvalue weighted by molar-refractivity contribution is 5.95. The van der Waals surface area contributed by atoms with Crippen molar-refractivity contribution in [2.24, 2.45) is 10.8 Å². The van der Waals surface area contributed by atoms with Crippen LogP contribution in [0.3, 0.4) is 0 Å². The SMILES string of the molecule is CCCCN=C(NN)N(C)c1ccccc1C. The van der Waals surface area contributed by atoms with Gasteiger partial charge in [0.2, 0.25) is 5.96 Å². The van der Waals surface area contributed by atoms with Crippen LogP contribution in [0.4, 0.5) is 5.69 Å². The maximum Gasteiger partial charge on any atom is 0.212 e. The molecule has 0 atom stereocenters. The summed E-state index contributed by atoms with van der Waals surface area (Å²) in [5.41, 5.74) is 4.98. The largest absolute Gasteiger partial charge is 0.314 e. The Kier molecular flexibility index (Phi) is 5.49. The number of nitrogens with one attached hydrogen (secondary N) is 1. The van der Waals surface area contributed by atoms with Crippen molar-refractivity contribution in [3.05, 3.63) is 29.8 Å². The fourth-order valence-electron chi connectivity index (χ4n) is 1.65. The number of hydrazine groups is 1. The summed E-state index contributed by atoms with van der Waals surface area (Å²) in [6.45, 7) is 5.02. The molecular weight excluding hydrogens is 212 g/mol. The minimum Gasteiger partial charge on any atom is -0.314 e. The molecule has 4 heteroatoms. The first-order valence-electron chi connectivity index (χ1n) is 6.01. The number of hydrogen-bond donors (Lipinski definition) is 2. The van der Waals surface area contributed by atoms with Crippen LogP contribution < -0.4 is 16.2 Å². The van der Waals surface area contributed by atoms with Gasteiger partial charge >= 0.3 is 0 Å². The molecule has 0 heterocycles. The third-order valence-corrected chi connectivity index (χ3v) is 2.70. The van der Waals surface area contributed by atoms with Gasteiger partial charge in [0, 0.05) is 19.3 Å². The van der Waals surface area contributed by atoms with E-state index < -0.39 is 0 Å². The van der Waals surface area contributed by atoms with E-state index in [4.69, 9.17) is 5.84 Å². The maximum absolute atomic E-state index is 5.52. The van der Waals surface area contributed by atoms with Crippen LogP contribution in [0.2, 0.25) is 0 Å². The molecule has 94 valence electrons. The van der Waals surface area contributed by atoms with E-state index >= 15 is 0 Å². The fraction of sp³-hybridized carbons (Fsp3) is 0.462. The van der Waals surface area contributed by atoms with Crippen LogP contribution in [0.25, 0.3) is 0 Å². The van der Waals surface area contributed by atoms with E-state index in [1.807, 2.05) is 24.1 Å². The molecular formula is C13H22N4. The summed E-state index contributed by atoms with van der Waals surface area (Å²) in [7, 11) is 1.97. The third kappa shape index (κ3) is 3.75. The average Bonchev–Trinajstić information content (AvgIpc) is 2.35. The zero-order valence-corrected chi connectivity index (χ0v) is 10.9. The van der Waals surface area contributed by atoms with Gasteiger partial charge in [0.1, 0.15) is 0 Å². The molecule has 0 aromatic heterocycles. The number of para-hydroxylation sites is 1. The van der Waals surface area contributed by atoms with Gasteiger partial charge in [-0.3, -0.25) is 10.4 Å². The molecule has 0 aliphatic carbocycles. The molecule has 0 radical (unpaired) electrons. The fourth-order valence-corrected chi connectivity index (χ4v) is 1.65. The molecule has 0 unspecified atom stereocenters. The Morgan fingerprint density at radius 3 is 2.71 bits per heavy atom. The Labute approximate surface area is 104 Å². The monoisotopic (exact) mass is 234 g/mol. The van der Waals surface area contributed by atoms with E-state index in [-0.39, 0.29) is 0 Å². The second-order valence-electron chi connectivity index (χ2n) is 4.05. The van der Waals surface area contributed by atoms with Crippen LogP contribution >= 0.6 is 0 Å². The number of guanidine groups is 1. The molecule has 4 nitrogen and oxygen atoms in total. The second kappa shape index (κ2) is 6.91. The lowest BCUT2D eigenvalue weighted by Gasteiger charge is -2.22. The molecule has 1 aromatic rings. The summed E-state index contributed by atoms with van der Waals surface area (Å²) in [6, 6.07) is 8.17. The average molecular weight is 234 g/mol. The zero-order chi connectivity index (χ0) is 12.7. The van der Waals surface area contributed by atoms with Gasteiger partial charge in [-0.15, -0.1) is 0 Å². The van der Waals surface area contributed by atoms with Gasteiger partial charge in [0.05, 0.1) is 0 Å². The molecule has 1 aromatic carbocycles. The Balaban J connectivity index is 2.82. The number of benzene rings is 1. The van der Waals surface area contributed by atoms with Crippen molar-refractivity contribution in [1.82, 2.24) is 5.43 Å². The molecule has 17 heavy (non-hydrogen) atoms. The van der Waals surface area contributed by atoms with Gasteiger partial charge in [-0.25, -0.2) is 5.84 Å². The smallest absolute Gasteiger partial charge is 0.212 e. The molecule has 0 saturated heterocycles. The Morgan fingerprint density at radius 2 is 2.12 bits per heavy atom. The Hall–Kier alpha value is -1.55. The predicted octanol–water partition coefficient (Wildman–Crippen LogP) is 2.05. The molecule has 0 saturated carbocycles. The first kappa shape index (κ1) is 13.5. The predicted molar refractivity (Wildman–Crippen MR) is 74.1 cm³/mol. The summed E-state index contributed by atoms with van der Waals surface area (Å²) in [5, 5.41) is 0. The van der Waals surface area contributed by atoms with Crippen LogP contribution in [-0.2, 0) is 0 Å². The van der Waals surface area contributed by atoms with Gasteiger partial charge in [-0.1, -0.05) is 31.5 Å². The van der Waals surface area contributed by atoms with E-state index in [1.54, 1.807) is 0 Å². The molecule has 0 amide bonds. The molecule has 3 N–H and O–H groups in total. The normalized spacial score (nSPS) is 11.4. The number of anilines is 1. The van der Waals surface area contributed by atoms with Crippen molar-refractivity contribution in [1.29, 1.82) is 0 Å². The van der Waals surface area contributed by atoms with Crippen LogP contribution in [-0.4, -0.2) is 19.6 Å². The summed E-state index contributed by atoms with van der Waals surface area (Å²) < 4.78 is 0.